The van der Waals surface area contributed by atoms with Crippen LogP contribution < -0.4 is 5.32 Å². The van der Waals surface area contributed by atoms with Crippen LogP contribution in [0.3, 0.4) is 0 Å². The highest BCUT2D eigenvalue weighted by Crippen LogP contribution is 2.44. The van der Waals surface area contributed by atoms with Gasteiger partial charge in [0.1, 0.15) is 5.00 Å². The number of fused-ring (bicyclic) bond motifs is 1. The number of amides is 3. The Kier molecular flexibility index (Phi) is 4.29. The van der Waals surface area contributed by atoms with Crippen molar-refractivity contribution < 1.29 is 19.2 Å². The van der Waals surface area contributed by atoms with Crippen molar-refractivity contribution in [3.63, 3.8) is 0 Å². The molecular formula is C17H20N2O4S. The first-order valence-electron chi connectivity index (χ1n) is 8.03. The zero-order valence-corrected chi connectivity index (χ0v) is 14.7. The summed E-state index contributed by atoms with van der Waals surface area (Å²) in [6, 6.07) is 1.67. The second-order valence-electron chi connectivity index (χ2n) is 6.66. The van der Waals surface area contributed by atoms with Crippen LogP contribution in [0.5, 0.6) is 0 Å². The summed E-state index contributed by atoms with van der Waals surface area (Å²) in [6.45, 7) is 3.39. The van der Waals surface area contributed by atoms with Gasteiger partial charge in [-0.2, -0.15) is 0 Å². The summed E-state index contributed by atoms with van der Waals surface area (Å²) >= 11 is 1.28. The lowest BCUT2D eigenvalue weighted by atomic mass is 9.67. The average molecular weight is 348 g/mol. The Labute approximate surface area is 144 Å². The standard InChI is InChI=1S/C17H20N2O4S/c1-8-4-5-11-13(17(23)19(3)16(11)22)12(8)14(21)18-15-10(9(2)20)6-7-24-15/h6-8,11-13H,4-5H2,1-3H3,(H,18,21). The highest BCUT2D eigenvalue weighted by molar-refractivity contribution is 7.14. The topological polar surface area (TPSA) is 83.6 Å². The van der Waals surface area contributed by atoms with Gasteiger partial charge in [-0.25, -0.2) is 0 Å². The highest BCUT2D eigenvalue weighted by atomic mass is 32.1. The van der Waals surface area contributed by atoms with Gasteiger partial charge < -0.3 is 5.32 Å². The van der Waals surface area contributed by atoms with Gasteiger partial charge in [0.25, 0.3) is 0 Å². The monoisotopic (exact) mass is 348 g/mol. The number of carbonyl (C=O) groups is 4. The van der Waals surface area contributed by atoms with Crippen LogP contribution in [-0.2, 0) is 14.4 Å². The number of rotatable bonds is 3. The van der Waals surface area contributed by atoms with Gasteiger partial charge in [-0.15, -0.1) is 11.3 Å². The molecular weight excluding hydrogens is 328 g/mol. The number of ketones is 1. The Morgan fingerprint density at radius 3 is 2.62 bits per heavy atom. The number of anilines is 1. The first-order chi connectivity index (χ1) is 11.3. The molecule has 1 aromatic heterocycles. The number of carbonyl (C=O) groups excluding carboxylic acids is 4. The number of thiophene rings is 1. The predicted octanol–water partition coefficient (Wildman–Crippen LogP) is 2.17. The minimum Gasteiger partial charge on any atom is -0.317 e. The van der Waals surface area contributed by atoms with Crippen LogP contribution in [0.4, 0.5) is 5.00 Å². The molecule has 1 saturated carbocycles. The quantitative estimate of drug-likeness (QED) is 0.670. The first-order valence-corrected chi connectivity index (χ1v) is 8.91. The predicted molar refractivity (Wildman–Crippen MR) is 89.6 cm³/mol. The van der Waals surface area contributed by atoms with Crippen LogP contribution in [0.15, 0.2) is 11.4 Å². The molecule has 1 saturated heterocycles. The molecule has 4 atom stereocenters. The summed E-state index contributed by atoms with van der Waals surface area (Å²) in [5, 5.41) is 5.07. The van der Waals surface area contributed by atoms with Gasteiger partial charge in [-0.3, -0.25) is 24.1 Å². The maximum atomic E-state index is 12.9. The van der Waals surface area contributed by atoms with Gasteiger partial charge in [0.05, 0.1) is 23.3 Å². The molecule has 3 amide bonds. The molecule has 1 N–H and O–H groups in total. The number of imide groups is 1. The fourth-order valence-corrected chi connectivity index (χ4v) is 4.73. The van der Waals surface area contributed by atoms with Crippen molar-refractivity contribution in [1.29, 1.82) is 0 Å². The van der Waals surface area contributed by atoms with Crippen molar-refractivity contribution in [3.8, 4) is 0 Å². The number of hydrogen-bond acceptors (Lipinski definition) is 5. The van der Waals surface area contributed by atoms with Gasteiger partial charge in [0, 0.05) is 7.05 Å². The van der Waals surface area contributed by atoms with Gasteiger partial charge in [0.15, 0.2) is 5.78 Å². The average Bonchev–Trinajstić information content (AvgIpc) is 3.07. The summed E-state index contributed by atoms with van der Waals surface area (Å²) < 4.78 is 0. The Bertz CT molecular complexity index is 726. The SMILES string of the molecule is CC(=O)c1ccsc1NC(=O)C1C(C)CCC2C(=O)N(C)C(=O)C21. The number of nitrogens with one attached hydrogen (secondary N) is 1. The molecule has 3 rings (SSSR count). The zero-order valence-electron chi connectivity index (χ0n) is 13.9. The third kappa shape index (κ3) is 2.56. The number of likely N-dealkylation sites (tertiary alicyclic amines) is 1. The largest absolute Gasteiger partial charge is 0.317 e. The first kappa shape index (κ1) is 16.8. The van der Waals surface area contributed by atoms with Crippen LogP contribution in [-0.4, -0.2) is 35.5 Å². The molecule has 0 aromatic carbocycles. The number of nitrogens with zero attached hydrogens (tertiary/aromatic N) is 1. The van der Waals surface area contributed by atoms with Crippen LogP contribution in [0.2, 0.25) is 0 Å². The third-order valence-corrected chi connectivity index (χ3v) is 6.04. The molecule has 2 fully saturated rings. The second-order valence-corrected chi connectivity index (χ2v) is 7.57. The molecule has 6 nitrogen and oxygen atoms in total. The molecule has 0 spiro atoms. The zero-order chi connectivity index (χ0) is 17.6. The van der Waals surface area contributed by atoms with Crippen LogP contribution in [0.1, 0.15) is 37.0 Å². The molecule has 2 heterocycles. The molecule has 2 aliphatic rings. The van der Waals surface area contributed by atoms with E-state index in [0.29, 0.717) is 17.0 Å². The molecule has 1 aliphatic carbocycles. The van der Waals surface area contributed by atoms with Crippen LogP contribution in [0, 0.1) is 23.7 Å². The van der Waals surface area contributed by atoms with E-state index in [1.807, 2.05) is 6.92 Å². The Morgan fingerprint density at radius 1 is 1.25 bits per heavy atom. The van der Waals surface area contributed by atoms with Crippen LogP contribution in [0.25, 0.3) is 0 Å². The normalized spacial score (nSPS) is 29.5. The third-order valence-electron chi connectivity index (χ3n) is 5.21. The molecule has 24 heavy (non-hydrogen) atoms. The summed E-state index contributed by atoms with van der Waals surface area (Å²) in [4.78, 5) is 50.3. The molecule has 0 radical (unpaired) electrons. The van der Waals surface area contributed by atoms with E-state index in [1.165, 1.54) is 25.3 Å². The molecule has 4 unspecified atom stereocenters. The minimum absolute atomic E-state index is 0.00948. The van der Waals surface area contributed by atoms with E-state index < -0.39 is 17.8 Å². The smallest absolute Gasteiger partial charge is 0.233 e. The molecule has 128 valence electrons. The van der Waals surface area contributed by atoms with Gasteiger partial charge in [-0.1, -0.05) is 6.92 Å². The van der Waals surface area contributed by atoms with Gasteiger partial charge in [-0.05, 0) is 37.1 Å². The van der Waals surface area contributed by atoms with Crippen LogP contribution >= 0.6 is 11.3 Å². The van der Waals surface area contributed by atoms with E-state index in [-0.39, 0.29) is 29.4 Å². The molecule has 7 heteroatoms. The van der Waals surface area contributed by atoms with Gasteiger partial charge >= 0.3 is 0 Å². The molecule has 1 aromatic rings. The second kappa shape index (κ2) is 6.12. The Morgan fingerprint density at radius 2 is 1.96 bits per heavy atom. The summed E-state index contributed by atoms with van der Waals surface area (Å²) in [7, 11) is 1.48. The number of hydrogen-bond donors (Lipinski definition) is 1. The van der Waals surface area contributed by atoms with E-state index in [0.717, 1.165) is 11.3 Å². The number of Topliss-reactive ketones (excluding diaryl/α,β-unsaturated/α-hetero) is 1. The maximum Gasteiger partial charge on any atom is 0.233 e. The fourth-order valence-electron chi connectivity index (χ4n) is 3.89. The van der Waals surface area contributed by atoms with E-state index in [4.69, 9.17) is 0 Å². The van der Waals surface area contributed by atoms with Crippen molar-refractivity contribution in [1.82, 2.24) is 4.90 Å². The highest BCUT2D eigenvalue weighted by Gasteiger charge is 2.55. The minimum atomic E-state index is -0.591. The summed E-state index contributed by atoms with van der Waals surface area (Å²) in [6.07, 6.45) is 1.37. The van der Waals surface area contributed by atoms with Crippen molar-refractivity contribution >= 4 is 39.8 Å². The Hall–Kier alpha value is -2.02. The lowest BCUT2D eigenvalue weighted by Gasteiger charge is -2.34. The lowest BCUT2D eigenvalue weighted by molar-refractivity contribution is -0.140. The summed E-state index contributed by atoms with van der Waals surface area (Å²) in [5.74, 6) is -2.38. The molecule has 0 bridgehead atoms. The van der Waals surface area contributed by atoms with Crippen molar-refractivity contribution in [2.24, 2.45) is 23.7 Å². The maximum absolute atomic E-state index is 12.9. The van der Waals surface area contributed by atoms with E-state index >= 15 is 0 Å². The fraction of sp³-hybridized carbons (Fsp3) is 0.529. The lowest BCUT2D eigenvalue weighted by Crippen LogP contribution is -2.43. The van der Waals surface area contributed by atoms with E-state index in [9.17, 15) is 19.2 Å². The van der Waals surface area contributed by atoms with Crippen molar-refractivity contribution in [2.75, 3.05) is 12.4 Å². The van der Waals surface area contributed by atoms with E-state index in [1.54, 1.807) is 11.4 Å². The van der Waals surface area contributed by atoms with Crippen molar-refractivity contribution in [2.45, 2.75) is 26.7 Å². The Balaban J connectivity index is 1.87. The van der Waals surface area contributed by atoms with Gasteiger partial charge in [0.2, 0.25) is 17.7 Å². The molecule has 1 aliphatic heterocycles. The van der Waals surface area contributed by atoms with E-state index in [2.05, 4.69) is 5.32 Å². The van der Waals surface area contributed by atoms with Crippen molar-refractivity contribution in [3.05, 3.63) is 17.0 Å². The summed E-state index contributed by atoms with van der Waals surface area (Å²) in [5.41, 5.74) is 0.472.